The van der Waals surface area contributed by atoms with Crippen LogP contribution in [0.4, 0.5) is 0 Å². The Hall–Kier alpha value is -1.13. The van der Waals surface area contributed by atoms with Gasteiger partial charge in [0.25, 0.3) is 0 Å². The monoisotopic (exact) mass is 207 g/mol. The lowest BCUT2D eigenvalue weighted by Gasteiger charge is -2.09. The van der Waals surface area contributed by atoms with E-state index in [1.165, 1.54) is 5.56 Å². The highest BCUT2D eigenvalue weighted by atomic mass is 32.1. The first-order chi connectivity index (χ1) is 6.86. The first kappa shape index (κ1) is 9.43. The van der Waals surface area contributed by atoms with Gasteiger partial charge in [-0.05, 0) is 18.6 Å². The fourth-order valence-electron chi connectivity index (χ4n) is 1.27. The van der Waals surface area contributed by atoms with Crippen LogP contribution in [0.15, 0.2) is 30.0 Å². The summed E-state index contributed by atoms with van der Waals surface area (Å²) in [4.78, 5) is 7.30. The standard InChI is InChI=1S/C10H13N3S/c1-8(10-12-4-5-14-10)13-7-9-2-3-11-6-9/h2-6,8,11,13H,7H2,1H3. The molecule has 0 aliphatic rings. The maximum absolute atomic E-state index is 4.26. The molecule has 0 bridgehead atoms. The number of nitrogens with one attached hydrogen (secondary N) is 2. The Morgan fingerprint density at radius 3 is 3.21 bits per heavy atom. The van der Waals surface area contributed by atoms with Crippen molar-refractivity contribution >= 4 is 11.3 Å². The third-order valence-electron chi connectivity index (χ3n) is 2.10. The molecule has 1 unspecified atom stereocenters. The van der Waals surface area contributed by atoms with Crippen molar-refractivity contribution in [3.63, 3.8) is 0 Å². The van der Waals surface area contributed by atoms with E-state index >= 15 is 0 Å². The Labute approximate surface area is 87.2 Å². The van der Waals surface area contributed by atoms with Gasteiger partial charge in [-0.15, -0.1) is 11.3 Å². The highest BCUT2D eigenvalue weighted by Gasteiger charge is 2.06. The van der Waals surface area contributed by atoms with Crippen LogP contribution in [-0.4, -0.2) is 9.97 Å². The Morgan fingerprint density at radius 1 is 1.64 bits per heavy atom. The van der Waals surface area contributed by atoms with Crippen molar-refractivity contribution < 1.29 is 0 Å². The van der Waals surface area contributed by atoms with Gasteiger partial charge in [0.15, 0.2) is 0 Å². The lowest BCUT2D eigenvalue weighted by molar-refractivity contribution is 0.572. The highest BCUT2D eigenvalue weighted by Crippen LogP contribution is 2.15. The van der Waals surface area contributed by atoms with E-state index in [2.05, 4.69) is 28.3 Å². The molecular weight excluding hydrogens is 194 g/mol. The Bertz CT molecular complexity index is 353. The van der Waals surface area contributed by atoms with Crippen LogP contribution in [0.2, 0.25) is 0 Å². The van der Waals surface area contributed by atoms with Crippen LogP contribution >= 0.6 is 11.3 Å². The average Bonchev–Trinajstić information content (AvgIpc) is 2.87. The molecule has 2 heterocycles. The molecule has 14 heavy (non-hydrogen) atoms. The number of aromatic amines is 1. The second kappa shape index (κ2) is 4.39. The molecular formula is C10H13N3S. The van der Waals surface area contributed by atoms with E-state index < -0.39 is 0 Å². The average molecular weight is 207 g/mol. The minimum Gasteiger partial charge on any atom is -0.367 e. The number of aromatic nitrogens is 2. The minimum atomic E-state index is 0.324. The largest absolute Gasteiger partial charge is 0.367 e. The molecule has 3 nitrogen and oxygen atoms in total. The molecule has 2 aromatic rings. The number of rotatable bonds is 4. The van der Waals surface area contributed by atoms with Crippen LogP contribution in [0.25, 0.3) is 0 Å². The van der Waals surface area contributed by atoms with E-state index in [1.807, 2.05) is 24.0 Å². The maximum atomic E-state index is 4.26. The zero-order valence-corrected chi connectivity index (χ0v) is 8.84. The van der Waals surface area contributed by atoms with E-state index in [0.717, 1.165) is 11.6 Å². The lowest BCUT2D eigenvalue weighted by atomic mass is 10.3. The van der Waals surface area contributed by atoms with E-state index in [-0.39, 0.29) is 0 Å². The van der Waals surface area contributed by atoms with Gasteiger partial charge in [-0.3, -0.25) is 0 Å². The summed E-state index contributed by atoms with van der Waals surface area (Å²) in [5, 5.41) is 6.56. The van der Waals surface area contributed by atoms with E-state index in [9.17, 15) is 0 Å². The summed E-state index contributed by atoms with van der Waals surface area (Å²) >= 11 is 1.69. The number of nitrogens with zero attached hydrogens (tertiary/aromatic N) is 1. The lowest BCUT2D eigenvalue weighted by Crippen LogP contribution is -2.17. The summed E-state index contributed by atoms with van der Waals surface area (Å²) in [5.41, 5.74) is 1.27. The highest BCUT2D eigenvalue weighted by molar-refractivity contribution is 7.09. The van der Waals surface area contributed by atoms with Gasteiger partial charge in [-0.25, -0.2) is 4.98 Å². The summed E-state index contributed by atoms with van der Waals surface area (Å²) in [6.45, 7) is 3.01. The van der Waals surface area contributed by atoms with Gasteiger partial charge in [-0.1, -0.05) is 0 Å². The van der Waals surface area contributed by atoms with Gasteiger partial charge in [0.05, 0.1) is 6.04 Å². The molecule has 0 fully saturated rings. The van der Waals surface area contributed by atoms with Gasteiger partial charge in [0.2, 0.25) is 0 Å². The molecule has 0 saturated heterocycles. The molecule has 0 spiro atoms. The van der Waals surface area contributed by atoms with Gasteiger partial charge in [-0.2, -0.15) is 0 Å². The molecule has 4 heteroatoms. The summed E-state index contributed by atoms with van der Waals surface area (Å²) in [5.74, 6) is 0. The fourth-order valence-corrected chi connectivity index (χ4v) is 1.95. The summed E-state index contributed by atoms with van der Waals surface area (Å²) < 4.78 is 0. The zero-order chi connectivity index (χ0) is 9.80. The summed E-state index contributed by atoms with van der Waals surface area (Å²) in [6.07, 6.45) is 5.78. The fraction of sp³-hybridized carbons (Fsp3) is 0.300. The van der Waals surface area contributed by atoms with Gasteiger partial charge >= 0.3 is 0 Å². The molecule has 2 rings (SSSR count). The number of hydrogen-bond acceptors (Lipinski definition) is 3. The maximum Gasteiger partial charge on any atom is 0.109 e. The van der Waals surface area contributed by atoms with Gasteiger partial charge in [0, 0.05) is 30.5 Å². The van der Waals surface area contributed by atoms with Crippen molar-refractivity contribution in [1.82, 2.24) is 15.3 Å². The molecule has 0 aliphatic heterocycles. The smallest absolute Gasteiger partial charge is 0.109 e. The second-order valence-corrected chi connectivity index (χ2v) is 4.12. The molecule has 0 saturated carbocycles. The van der Waals surface area contributed by atoms with Crippen molar-refractivity contribution in [1.29, 1.82) is 0 Å². The second-order valence-electron chi connectivity index (χ2n) is 3.19. The Morgan fingerprint density at radius 2 is 2.57 bits per heavy atom. The minimum absolute atomic E-state index is 0.324. The molecule has 74 valence electrons. The van der Waals surface area contributed by atoms with E-state index in [1.54, 1.807) is 11.3 Å². The molecule has 0 aromatic carbocycles. The van der Waals surface area contributed by atoms with Crippen molar-refractivity contribution in [3.05, 3.63) is 40.6 Å². The van der Waals surface area contributed by atoms with Crippen LogP contribution in [-0.2, 0) is 6.54 Å². The zero-order valence-electron chi connectivity index (χ0n) is 8.03. The summed E-state index contributed by atoms with van der Waals surface area (Å²) in [6, 6.07) is 2.39. The van der Waals surface area contributed by atoms with Crippen LogP contribution in [0.5, 0.6) is 0 Å². The van der Waals surface area contributed by atoms with Crippen LogP contribution in [0.3, 0.4) is 0 Å². The van der Waals surface area contributed by atoms with E-state index in [0.29, 0.717) is 6.04 Å². The van der Waals surface area contributed by atoms with Crippen molar-refractivity contribution in [2.45, 2.75) is 19.5 Å². The molecule has 0 radical (unpaired) electrons. The van der Waals surface area contributed by atoms with Gasteiger partial charge < -0.3 is 10.3 Å². The van der Waals surface area contributed by atoms with E-state index in [4.69, 9.17) is 0 Å². The van der Waals surface area contributed by atoms with Crippen LogP contribution in [0.1, 0.15) is 23.5 Å². The Balaban J connectivity index is 1.87. The van der Waals surface area contributed by atoms with Crippen LogP contribution < -0.4 is 5.32 Å². The number of thiazole rings is 1. The molecule has 2 aromatic heterocycles. The third-order valence-corrected chi connectivity index (χ3v) is 3.05. The first-order valence-corrected chi connectivity index (χ1v) is 5.48. The third kappa shape index (κ3) is 2.21. The molecule has 2 N–H and O–H groups in total. The van der Waals surface area contributed by atoms with Gasteiger partial charge in [0.1, 0.15) is 5.01 Å². The first-order valence-electron chi connectivity index (χ1n) is 4.60. The van der Waals surface area contributed by atoms with Crippen LogP contribution in [0, 0.1) is 0 Å². The SMILES string of the molecule is CC(NCc1cc[nH]c1)c1nccs1. The Kier molecular flexibility index (Phi) is 2.96. The number of H-pyrrole nitrogens is 1. The number of hydrogen-bond donors (Lipinski definition) is 2. The molecule has 0 amide bonds. The molecule has 0 aliphatic carbocycles. The molecule has 1 atom stereocenters. The topological polar surface area (TPSA) is 40.7 Å². The predicted molar refractivity (Wildman–Crippen MR) is 58.2 cm³/mol. The quantitative estimate of drug-likeness (QED) is 0.807. The predicted octanol–water partition coefficient (Wildman–Crippen LogP) is 2.32. The summed E-state index contributed by atoms with van der Waals surface area (Å²) in [7, 11) is 0. The van der Waals surface area contributed by atoms with Crippen molar-refractivity contribution in [3.8, 4) is 0 Å². The normalized spacial score (nSPS) is 12.9. The van der Waals surface area contributed by atoms with Crippen molar-refractivity contribution in [2.75, 3.05) is 0 Å². The van der Waals surface area contributed by atoms with Crippen molar-refractivity contribution in [2.24, 2.45) is 0 Å².